The van der Waals surface area contributed by atoms with Crippen LogP contribution in [-0.2, 0) is 19.1 Å². The molecule has 4 atom stereocenters. The van der Waals surface area contributed by atoms with Gasteiger partial charge in [-0.2, -0.15) is 23.5 Å². The molecule has 3 unspecified atom stereocenters. The minimum absolute atomic E-state index is 0.0648. The number of ether oxygens (including phenoxy) is 1. The Morgan fingerprint density at radius 2 is 1.90 bits per heavy atom. The maximum Gasteiger partial charge on any atom is 0.470 e. The lowest BCUT2D eigenvalue weighted by atomic mass is 10.1. The molecule has 3 aliphatic rings. The molecule has 0 bridgehead atoms. The van der Waals surface area contributed by atoms with Crippen molar-refractivity contribution in [2.75, 3.05) is 13.1 Å². The Kier molecular flexibility index (Phi) is 9.75. The Balaban J connectivity index is 0.000000186. The van der Waals surface area contributed by atoms with Crippen LogP contribution in [0.3, 0.4) is 0 Å². The van der Waals surface area contributed by atoms with Crippen molar-refractivity contribution in [3.05, 3.63) is 34.6 Å². The smallest absolute Gasteiger partial charge is 0.372 e. The molecule has 3 N–H and O–H groups in total. The molecule has 2 saturated carbocycles. The third-order valence-corrected chi connectivity index (χ3v) is 8.49. The number of likely N-dealkylation sites (tertiary alicyclic amines) is 1. The van der Waals surface area contributed by atoms with Crippen LogP contribution in [0.4, 0.5) is 13.2 Å². The number of aromatic nitrogens is 2. The van der Waals surface area contributed by atoms with Crippen molar-refractivity contribution in [2.24, 2.45) is 23.0 Å². The van der Waals surface area contributed by atoms with E-state index in [-0.39, 0.29) is 17.6 Å². The van der Waals surface area contributed by atoms with Crippen LogP contribution in [0.2, 0.25) is 0 Å². The van der Waals surface area contributed by atoms with Gasteiger partial charge in [-0.3, -0.25) is 14.4 Å². The zero-order valence-electron chi connectivity index (χ0n) is 23.2. The Labute approximate surface area is 244 Å². The number of nitrogens with one attached hydrogen (secondary N) is 1. The van der Waals surface area contributed by atoms with E-state index in [0.29, 0.717) is 23.8 Å². The predicted octanol–water partition coefficient (Wildman–Crippen LogP) is 3.89. The van der Waals surface area contributed by atoms with Crippen molar-refractivity contribution >= 4 is 39.7 Å². The molecule has 2 aromatic heterocycles. The van der Waals surface area contributed by atoms with E-state index in [4.69, 9.17) is 14.8 Å². The Morgan fingerprint density at radius 1 is 1.32 bits per heavy atom. The second-order valence-electron chi connectivity index (χ2n) is 11.4. The molecule has 3 amide bonds. The molecule has 14 heteroatoms. The van der Waals surface area contributed by atoms with Crippen molar-refractivity contribution in [3.63, 3.8) is 0 Å². The van der Waals surface area contributed by atoms with Crippen LogP contribution in [0.1, 0.15) is 58.6 Å². The fourth-order valence-corrected chi connectivity index (χ4v) is 5.59. The number of hydrogen-bond donors (Lipinski definition) is 2. The van der Waals surface area contributed by atoms with Gasteiger partial charge in [-0.1, -0.05) is 13.8 Å². The SMILES string of the molecule is C[C@H](CC(=O)N1CC2C(C1)C2(C)C)OC1(C)CC1.N#CC(NC=O)c1cnn2cccc(Br)c12.NC(=O)C(F)(F)F. The first-order valence-corrected chi connectivity index (χ1v) is 13.9. The number of nitriles is 1. The van der Waals surface area contributed by atoms with Crippen LogP contribution in [0, 0.1) is 28.6 Å². The standard InChI is InChI=1S/C15H25NO2.C10H7BrN4O.C2H2F3NO/c1-10(18-15(4)5-6-15)7-13(17)16-8-11-12(9-16)14(11,2)3;11-8-2-1-3-15-10(8)7(5-14-15)9(4-12)13-6-16;3-2(4,5)1(6)7/h10-12H,5-9H2,1-4H3;1-3,5-6,9H,(H,13,16);(H2,6,7)/t10-,11?,12?;;/m1../s1. The van der Waals surface area contributed by atoms with E-state index in [1.807, 2.05) is 25.1 Å². The Morgan fingerprint density at radius 3 is 2.39 bits per heavy atom. The largest absolute Gasteiger partial charge is 0.470 e. The van der Waals surface area contributed by atoms with Gasteiger partial charge < -0.3 is 20.7 Å². The first kappa shape index (κ1) is 32.3. The van der Waals surface area contributed by atoms with Gasteiger partial charge in [-0.15, -0.1) is 0 Å². The minimum atomic E-state index is -4.86. The number of piperidine rings is 1. The van der Waals surface area contributed by atoms with Crippen LogP contribution in [-0.4, -0.2) is 63.7 Å². The Bertz CT molecular complexity index is 1310. The number of nitrogens with two attached hydrogens (primary N) is 1. The third kappa shape index (κ3) is 7.97. The number of nitrogens with zero attached hydrogens (tertiary/aromatic N) is 4. The summed E-state index contributed by atoms with van der Waals surface area (Å²) in [5.74, 6) is -0.473. The minimum Gasteiger partial charge on any atom is -0.372 e. The van der Waals surface area contributed by atoms with Crippen LogP contribution in [0.5, 0.6) is 0 Å². The molecule has 0 radical (unpaired) electrons. The molecule has 0 aromatic carbocycles. The lowest BCUT2D eigenvalue weighted by molar-refractivity contribution is -0.169. The van der Waals surface area contributed by atoms with Gasteiger partial charge in [-0.05, 0) is 72.0 Å². The van der Waals surface area contributed by atoms with Crippen LogP contribution in [0.15, 0.2) is 29.0 Å². The molecule has 2 aliphatic carbocycles. The van der Waals surface area contributed by atoms with Crippen LogP contribution >= 0.6 is 15.9 Å². The second-order valence-corrected chi connectivity index (χ2v) is 12.2. The lowest BCUT2D eigenvalue weighted by Gasteiger charge is -2.25. The second kappa shape index (κ2) is 12.4. The molecule has 1 aliphatic heterocycles. The third-order valence-electron chi connectivity index (χ3n) is 7.85. The molecule has 3 heterocycles. The summed E-state index contributed by atoms with van der Waals surface area (Å²) in [4.78, 5) is 33.7. The van der Waals surface area contributed by atoms with Crippen molar-refractivity contribution in [1.82, 2.24) is 19.8 Å². The highest BCUT2D eigenvalue weighted by Gasteiger charge is 2.62. The maximum atomic E-state index is 12.2. The highest BCUT2D eigenvalue weighted by molar-refractivity contribution is 9.10. The summed E-state index contributed by atoms with van der Waals surface area (Å²) in [7, 11) is 0. The molecule has 2 aromatic rings. The van der Waals surface area contributed by atoms with E-state index in [9.17, 15) is 22.8 Å². The van der Waals surface area contributed by atoms with E-state index < -0.39 is 18.1 Å². The first-order valence-electron chi connectivity index (χ1n) is 13.1. The summed E-state index contributed by atoms with van der Waals surface area (Å²) in [6.07, 6.45) is 1.91. The van der Waals surface area contributed by atoms with Crippen molar-refractivity contribution in [2.45, 2.75) is 70.9 Å². The summed E-state index contributed by atoms with van der Waals surface area (Å²) in [6.45, 7) is 10.8. The lowest BCUT2D eigenvalue weighted by Crippen LogP contribution is -2.35. The molecular weight excluding hydrogens is 609 g/mol. The van der Waals surface area contributed by atoms with Crippen molar-refractivity contribution < 1.29 is 32.3 Å². The number of halogens is 4. The van der Waals surface area contributed by atoms with Crippen molar-refractivity contribution in [3.8, 4) is 6.07 Å². The summed E-state index contributed by atoms with van der Waals surface area (Å²) in [5, 5.41) is 15.5. The van der Waals surface area contributed by atoms with E-state index in [2.05, 4.69) is 57.8 Å². The molecule has 0 spiro atoms. The molecule has 224 valence electrons. The summed E-state index contributed by atoms with van der Waals surface area (Å²) >= 11 is 3.39. The number of pyridine rings is 1. The molecule has 1 saturated heterocycles. The number of fused-ring (bicyclic) bond motifs is 2. The Hall–Kier alpha value is -3.18. The number of carbonyl (C=O) groups excluding carboxylic acids is 3. The van der Waals surface area contributed by atoms with Gasteiger partial charge in [0.2, 0.25) is 12.3 Å². The van der Waals surface area contributed by atoms with Gasteiger partial charge in [0.15, 0.2) is 0 Å². The molecule has 41 heavy (non-hydrogen) atoms. The quantitative estimate of drug-likeness (QED) is 0.439. The number of hydrogen-bond acceptors (Lipinski definition) is 6. The average Bonchev–Trinajstić information content (AvgIpc) is 3.49. The normalized spacial score (nSPS) is 22.5. The topological polar surface area (TPSA) is 143 Å². The fraction of sp³-hybridized carbons (Fsp3) is 0.593. The molecule has 10 nitrogen and oxygen atoms in total. The van der Waals surface area contributed by atoms with E-state index in [1.165, 1.54) is 0 Å². The number of carbonyl (C=O) groups is 3. The highest BCUT2D eigenvalue weighted by atomic mass is 79.9. The van der Waals surface area contributed by atoms with Gasteiger partial charge in [0.1, 0.15) is 6.04 Å². The summed E-state index contributed by atoms with van der Waals surface area (Å²) in [5.41, 5.74) is 5.82. The predicted molar refractivity (Wildman–Crippen MR) is 146 cm³/mol. The van der Waals surface area contributed by atoms with Gasteiger partial charge in [-0.25, -0.2) is 4.52 Å². The summed E-state index contributed by atoms with van der Waals surface area (Å²) in [6, 6.07) is 5.01. The molecule has 3 fully saturated rings. The van der Waals surface area contributed by atoms with E-state index in [0.717, 1.165) is 47.8 Å². The molecular formula is C27H34BrF3N6O4. The monoisotopic (exact) mass is 642 g/mol. The summed E-state index contributed by atoms with van der Waals surface area (Å²) < 4.78 is 40.5. The maximum absolute atomic E-state index is 12.2. The van der Waals surface area contributed by atoms with E-state index in [1.54, 1.807) is 16.9 Å². The molecule has 5 rings (SSSR count). The van der Waals surface area contributed by atoms with Gasteiger partial charge in [0.05, 0.1) is 35.9 Å². The zero-order chi connectivity index (χ0) is 30.8. The van der Waals surface area contributed by atoms with Gasteiger partial charge in [0.25, 0.3) is 0 Å². The highest BCUT2D eigenvalue weighted by Crippen LogP contribution is 2.62. The average molecular weight is 644 g/mol. The van der Waals surface area contributed by atoms with Crippen LogP contribution < -0.4 is 11.1 Å². The number of rotatable bonds is 7. The van der Waals surface area contributed by atoms with Crippen molar-refractivity contribution in [1.29, 1.82) is 5.26 Å². The van der Waals surface area contributed by atoms with Gasteiger partial charge >= 0.3 is 12.1 Å². The first-order chi connectivity index (χ1) is 19.0. The number of primary amides is 1. The zero-order valence-corrected chi connectivity index (χ0v) is 24.8. The number of amides is 3. The van der Waals surface area contributed by atoms with Gasteiger partial charge in [0, 0.05) is 29.3 Å². The fourth-order valence-electron chi connectivity index (χ4n) is 5.03. The van der Waals surface area contributed by atoms with Crippen LogP contribution in [0.25, 0.3) is 5.52 Å². The number of alkyl halides is 3. The van der Waals surface area contributed by atoms with E-state index >= 15 is 0 Å².